The molecule has 0 fully saturated rings. The Kier molecular flexibility index (Phi) is 11.2. The number of amides is 2. The monoisotopic (exact) mass is 514 g/mol. The fraction of sp³-hybridized carbons (Fsp3) is 0.417. The Labute approximate surface area is 210 Å². The highest BCUT2D eigenvalue weighted by Crippen LogP contribution is 2.25. The first-order valence-electron chi connectivity index (χ1n) is 10.6. The van der Waals surface area contributed by atoms with Gasteiger partial charge in [0.25, 0.3) is 0 Å². The van der Waals surface area contributed by atoms with E-state index < -0.39 is 6.04 Å². The molecule has 0 heterocycles. The summed E-state index contributed by atoms with van der Waals surface area (Å²) in [6.07, 6.45) is 1.31. The summed E-state index contributed by atoms with van der Waals surface area (Å²) in [4.78, 5) is 27.9. The summed E-state index contributed by atoms with van der Waals surface area (Å²) >= 11 is 19.9. The summed E-state index contributed by atoms with van der Waals surface area (Å²) < 4.78 is 0. The van der Waals surface area contributed by atoms with Crippen molar-refractivity contribution in [3.63, 3.8) is 0 Å². The average Bonchev–Trinajstić information content (AvgIpc) is 2.74. The van der Waals surface area contributed by atoms with Crippen LogP contribution in [-0.2, 0) is 21.9 Å². The molecule has 0 aliphatic heterocycles. The zero-order chi connectivity index (χ0) is 23.7. The van der Waals surface area contributed by atoms with Crippen molar-refractivity contribution in [2.75, 3.05) is 5.75 Å². The van der Waals surface area contributed by atoms with E-state index in [-0.39, 0.29) is 30.2 Å². The topological polar surface area (TPSA) is 49.4 Å². The van der Waals surface area contributed by atoms with Crippen molar-refractivity contribution < 1.29 is 9.59 Å². The molecule has 8 heteroatoms. The Bertz CT molecular complexity index is 926. The minimum absolute atomic E-state index is 0.0322. The predicted octanol–water partition coefficient (Wildman–Crippen LogP) is 6.60. The van der Waals surface area contributed by atoms with Gasteiger partial charge in [-0.05, 0) is 55.2 Å². The van der Waals surface area contributed by atoms with Gasteiger partial charge in [0, 0.05) is 33.4 Å². The predicted molar refractivity (Wildman–Crippen MR) is 137 cm³/mol. The molecule has 2 rings (SSSR count). The van der Waals surface area contributed by atoms with Crippen LogP contribution in [-0.4, -0.2) is 34.6 Å². The molecule has 2 atom stereocenters. The first kappa shape index (κ1) is 26.8. The van der Waals surface area contributed by atoms with Gasteiger partial charge in [0.2, 0.25) is 11.8 Å². The summed E-state index contributed by atoms with van der Waals surface area (Å²) in [6.45, 7) is 6.10. The maximum Gasteiger partial charge on any atom is 0.243 e. The standard InChI is InChI=1S/C24H29Cl3N2O2S/c1-4-16(3)28-24(31)22(5-2)29(13-18-9-10-20(26)12-21(18)27)23(30)15-32-14-17-7-6-8-19(25)11-17/h6-12,16,22H,4-5,13-15H2,1-3H3,(H,28,31)/t16-,22-/m0/s1. The minimum Gasteiger partial charge on any atom is -0.352 e. The van der Waals surface area contributed by atoms with Crippen molar-refractivity contribution in [2.24, 2.45) is 0 Å². The van der Waals surface area contributed by atoms with Crippen LogP contribution in [0.1, 0.15) is 44.7 Å². The molecule has 2 amide bonds. The Hall–Kier alpha value is -1.40. The minimum atomic E-state index is -0.588. The molecule has 2 aromatic rings. The van der Waals surface area contributed by atoms with Crippen LogP contribution in [0.25, 0.3) is 0 Å². The van der Waals surface area contributed by atoms with E-state index in [1.54, 1.807) is 23.1 Å². The molecule has 0 radical (unpaired) electrons. The van der Waals surface area contributed by atoms with Gasteiger partial charge in [-0.25, -0.2) is 0 Å². The quantitative estimate of drug-likeness (QED) is 0.367. The number of carbonyl (C=O) groups is 2. The van der Waals surface area contributed by atoms with Gasteiger partial charge in [-0.2, -0.15) is 0 Å². The Morgan fingerprint density at radius 1 is 1.03 bits per heavy atom. The molecule has 4 nitrogen and oxygen atoms in total. The van der Waals surface area contributed by atoms with Gasteiger partial charge >= 0.3 is 0 Å². The molecule has 0 unspecified atom stereocenters. The highest BCUT2D eigenvalue weighted by molar-refractivity contribution is 7.99. The van der Waals surface area contributed by atoms with Gasteiger partial charge in [0.1, 0.15) is 6.04 Å². The molecule has 1 N–H and O–H groups in total. The van der Waals surface area contributed by atoms with E-state index in [4.69, 9.17) is 34.8 Å². The van der Waals surface area contributed by atoms with Crippen molar-refractivity contribution in [1.29, 1.82) is 0 Å². The largest absolute Gasteiger partial charge is 0.352 e. The summed E-state index contributed by atoms with van der Waals surface area (Å²) in [6, 6.07) is 12.2. The third-order valence-electron chi connectivity index (χ3n) is 5.13. The summed E-state index contributed by atoms with van der Waals surface area (Å²) in [7, 11) is 0. The molecule has 0 aliphatic rings. The van der Waals surface area contributed by atoms with Gasteiger partial charge in [0.05, 0.1) is 5.75 Å². The van der Waals surface area contributed by atoms with Crippen molar-refractivity contribution in [3.8, 4) is 0 Å². The number of hydrogen-bond acceptors (Lipinski definition) is 3. The van der Waals surface area contributed by atoms with Crippen LogP contribution >= 0.6 is 46.6 Å². The van der Waals surface area contributed by atoms with E-state index in [9.17, 15) is 9.59 Å². The summed E-state index contributed by atoms with van der Waals surface area (Å²) in [5.41, 5.74) is 1.79. The first-order chi connectivity index (χ1) is 15.2. The van der Waals surface area contributed by atoms with E-state index in [1.165, 1.54) is 11.8 Å². The lowest BCUT2D eigenvalue weighted by Crippen LogP contribution is -2.51. The second kappa shape index (κ2) is 13.3. The maximum atomic E-state index is 13.3. The first-order valence-corrected chi connectivity index (χ1v) is 12.9. The van der Waals surface area contributed by atoms with Crippen LogP contribution in [0.5, 0.6) is 0 Å². The fourth-order valence-electron chi connectivity index (χ4n) is 3.16. The second-order valence-electron chi connectivity index (χ2n) is 7.62. The molecule has 32 heavy (non-hydrogen) atoms. The number of nitrogens with zero attached hydrogens (tertiary/aromatic N) is 1. The molecule has 0 aliphatic carbocycles. The van der Waals surface area contributed by atoms with Crippen LogP contribution in [0.2, 0.25) is 15.1 Å². The number of rotatable bonds is 11. The molecular formula is C24H29Cl3N2O2S. The van der Waals surface area contributed by atoms with E-state index in [0.717, 1.165) is 17.5 Å². The van der Waals surface area contributed by atoms with Crippen LogP contribution in [0.15, 0.2) is 42.5 Å². The van der Waals surface area contributed by atoms with Gasteiger partial charge in [-0.1, -0.05) is 66.8 Å². The molecular weight excluding hydrogens is 487 g/mol. The molecule has 0 bridgehead atoms. The number of benzene rings is 2. The average molecular weight is 516 g/mol. The molecule has 174 valence electrons. The van der Waals surface area contributed by atoms with E-state index >= 15 is 0 Å². The zero-order valence-corrected chi connectivity index (χ0v) is 21.6. The lowest BCUT2D eigenvalue weighted by molar-refractivity contribution is -0.139. The molecule has 0 saturated heterocycles. The number of thioether (sulfide) groups is 1. The van der Waals surface area contributed by atoms with E-state index in [1.807, 2.05) is 45.0 Å². The third kappa shape index (κ3) is 8.18. The van der Waals surface area contributed by atoms with Crippen LogP contribution in [0, 0.1) is 0 Å². The third-order valence-corrected chi connectivity index (χ3v) is 6.94. The van der Waals surface area contributed by atoms with Gasteiger partial charge in [-0.3, -0.25) is 9.59 Å². The SMILES string of the molecule is CC[C@H](C)NC(=O)[C@H](CC)N(Cc1ccc(Cl)cc1Cl)C(=O)CSCc1cccc(Cl)c1. The van der Waals surface area contributed by atoms with Crippen molar-refractivity contribution in [3.05, 3.63) is 68.7 Å². The van der Waals surface area contributed by atoms with Crippen molar-refractivity contribution in [1.82, 2.24) is 10.2 Å². The lowest BCUT2D eigenvalue weighted by atomic mass is 10.1. The second-order valence-corrected chi connectivity index (χ2v) is 9.89. The number of carbonyl (C=O) groups excluding carboxylic acids is 2. The number of halogens is 3. The van der Waals surface area contributed by atoms with E-state index in [0.29, 0.717) is 27.2 Å². The van der Waals surface area contributed by atoms with Crippen LogP contribution in [0.3, 0.4) is 0 Å². The number of nitrogens with one attached hydrogen (secondary N) is 1. The number of hydrogen-bond donors (Lipinski definition) is 1. The molecule has 0 spiro atoms. The highest BCUT2D eigenvalue weighted by atomic mass is 35.5. The molecule has 2 aromatic carbocycles. The Morgan fingerprint density at radius 3 is 2.38 bits per heavy atom. The normalized spacial score (nSPS) is 12.8. The maximum absolute atomic E-state index is 13.3. The lowest BCUT2D eigenvalue weighted by Gasteiger charge is -2.31. The van der Waals surface area contributed by atoms with Crippen molar-refractivity contribution in [2.45, 2.75) is 58.0 Å². The van der Waals surface area contributed by atoms with Gasteiger partial charge < -0.3 is 10.2 Å². The summed E-state index contributed by atoms with van der Waals surface area (Å²) in [5, 5.41) is 4.67. The highest BCUT2D eigenvalue weighted by Gasteiger charge is 2.29. The fourth-order valence-corrected chi connectivity index (χ4v) is 4.70. The van der Waals surface area contributed by atoms with Crippen molar-refractivity contribution >= 4 is 58.4 Å². The Morgan fingerprint density at radius 2 is 1.75 bits per heavy atom. The van der Waals surface area contributed by atoms with Crippen LogP contribution in [0.4, 0.5) is 0 Å². The Balaban J connectivity index is 2.18. The molecule has 0 aromatic heterocycles. The smallest absolute Gasteiger partial charge is 0.243 e. The molecule has 0 saturated carbocycles. The van der Waals surface area contributed by atoms with Gasteiger partial charge in [-0.15, -0.1) is 11.8 Å². The summed E-state index contributed by atoms with van der Waals surface area (Å²) in [5.74, 6) is 0.622. The van der Waals surface area contributed by atoms with E-state index in [2.05, 4.69) is 5.32 Å². The van der Waals surface area contributed by atoms with Gasteiger partial charge in [0.15, 0.2) is 0 Å². The van der Waals surface area contributed by atoms with Crippen LogP contribution < -0.4 is 5.32 Å². The zero-order valence-electron chi connectivity index (χ0n) is 18.5.